The van der Waals surface area contributed by atoms with E-state index in [1.165, 1.54) is 19.3 Å². The first-order valence-corrected chi connectivity index (χ1v) is 7.59. The number of hydrogen-bond acceptors (Lipinski definition) is 3. The highest BCUT2D eigenvalue weighted by atomic mass is 16.7. The molecule has 0 aromatic rings. The molecule has 2 rings (SSSR count). The van der Waals surface area contributed by atoms with E-state index in [9.17, 15) is 4.79 Å². The van der Waals surface area contributed by atoms with E-state index in [1.807, 2.05) is 16.0 Å². The molecule has 0 spiro atoms. The first-order chi connectivity index (χ1) is 9.31. The molecule has 2 fully saturated rings. The van der Waals surface area contributed by atoms with Crippen molar-refractivity contribution in [2.45, 2.75) is 51.0 Å². The summed E-state index contributed by atoms with van der Waals surface area (Å²) in [5.74, 6) is 0.251. The van der Waals surface area contributed by atoms with Gasteiger partial charge in [-0.2, -0.15) is 5.06 Å². The Kier molecular flexibility index (Phi) is 5.86. The van der Waals surface area contributed by atoms with Crippen LogP contribution in [0.25, 0.3) is 0 Å². The largest absolute Gasteiger partial charge is 0.336 e. The molecule has 1 amide bonds. The van der Waals surface area contributed by atoms with Gasteiger partial charge in [-0.15, -0.1) is 6.58 Å². The molecule has 0 aromatic heterocycles. The second kappa shape index (κ2) is 7.65. The molecule has 0 radical (unpaired) electrons. The SMILES string of the molecule is C=CCN(C(=O)CCN1CCCCO1)C1CCCC1. The quantitative estimate of drug-likeness (QED) is 0.692. The van der Waals surface area contributed by atoms with Crippen LogP contribution in [0.2, 0.25) is 0 Å². The van der Waals surface area contributed by atoms with E-state index in [4.69, 9.17) is 4.84 Å². The molecule has 0 bridgehead atoms. The molecule has 4 heteroatoms. The summed E-state index contributed by atoms with van der Waals surface area (Å²) in [5.41, 5.74) is 0. The number of carbonyl (C=O) groups excluding carboxylic acids is 1. The van der Waals surface area contributed by atoms with Crippen LogP contribution in [0.4, 0.5) is 0 Å². The van der Waals surface area contributed by atoms with Crippen LogP contribution in [0.3, 0.4) is 0 Å². The third-order valence-corrected chi connectivity index (χ3v) is 4.06. The predicted molar refractivity (Wildman–Crippen MR) is 75.5 cm³/mol. The van der Waals surface area contributed by atoms with E-state index in [1.54, 1.807) is 0 Å². The van der Waals surface area contributed by atoms with Gasteiger partial charge in [0.25, 0.3) is 0 Å². The monoisotopic (exact) mass is 266 g/mol. The molecule has 1 heterocycles. The highest BCUT2D eigenvalue weighted by Crippen LogP contribution is 2.24. The van der Waals surface area contributed by atoms with Crippen LogP contribution in [0.15, 0.2) is 12.7 Å². The minimum absolute atomic E-state index is 0.251. The molecule has 1 saturated heterocycles. The van der Waals surface area contributed by atoms with Gasteiger partial charge in [0.1, 0.15) is 0 Å². The Morgan fingerprint density at radius 1 is 1.32 bits per heavy atom. The van der Waals surface area contributed by atoms with Crippen LogP contribution < -0.4 is 0 Å². The fraction of sp³-hybridized carbons (Fsp3) is 0.800. The lowest BCUT2D eigenvalue weighted by Gasteiger charge is -2.30. The Hall–Kier alpha value is -0.870. The maximum absolute atomic E-state index is 12.4. The Bertz CT molecular complexity index is 295. The summed E-state index contributed by atoms with van der Waals surface area (Å²) in [5, 5.41) is 1.95. The Morgan fingerprint density at radius 2 is 2.11 bits per heavy atom. The zero-order chi connectivity index (χ0) is 13.5. The standard InChI is InChI=1S/C15H26N2O2/c1-2-10-17(14-7-3-4-8-14)15(18)9-12-16-11-5-6-13-19-16/h2,14H,1,3-13H2. The van der Waals surface area contributed by atoms with Crippen molar-refractivity contribution in [1.29, 1.82) is 0 Å². The average Bonchev–Trinajstić information content (AvgIpc) is 2.97. The van der Waals surface area contributed by atoms with Crippen molar-refractivity contribution in [3.8, 4) is 0 Å². The summed E-state index contributed by atoms with van der Waals surface area (Å²) < 4.78 is 0. The van der Waals surface area contributed by atoms with Gasteiger partial charge in [0.05, 0.1) is 6.61 Å². The van der Waals surface area contributed by atoms with Gasteiger partial charge in [0.2, 0.25) is 5.91 Å². The highest BCUT2D eigenvalue weighted by molar-refractivity contribution is 5.77. The number of hydroxylamine groups is 2. The van der Waals surface area contributed by atoms with Gasteiger partial charge < -0.3 is 4.90 Å². The van der Waals surface area contributed by atoms with E-state index < -0.39 is 0 Å². The van der Waals surface area contributed by atoms with Gasteiger partial charge in [-0.1, -0.05) is 18.9 Å². The van der Waals surface area contributed by atoms with Crippen molar-refractivity contribution in [3.63, 3.8) is 0 Å². The smallest absolute Gasteiger partial charge is 0.224 e. The van der Waals surface area contributed by atoms with Crippen molar-refractivity contribution < 1.29 is 9.63 Å². The summed E-state index contributed by atoms with van der Waals surface area (Å²) in [7, 11) is 0. The van der Waals surface area contributed by atoms with Crippen LogP contribution in [0, 0.1) is 0 Å². The molecular weight excluding hydrogens is 240 g/mol. The van der Waals surface area contributed by atoms with Crippen LogP contribution in [0.5, 0.6) is 0 Å². The van der Waals surface area contributed by atoms with Crippen LogP contribution >= 0.6 is 0 Å². The van der Waals surface area contributed by atoms with E-state index in [-0.39, 0.29) is 5.91 Å². The van der Waals surface area contributed by atoms with E-state index in [2.05, 4.69) is 6.58 Å². The first-order valence-electron chi connectivity index (χ1n) is 7.59. The lowest BCUT2D eigenvalue weighted by Crippen LogP contribution is -2.41. The van der Waals surface area contributed by atoms with E-state index in [0.717, 1.165) is 39.0 Å². The van der Waals surface area contributed by atoms with Crippen molar-refractivity contribution in [3.05, 3.63) is 12.7 Å². The number of nitrogens with zero attached hydrogens (tertiary/aromatic N) is 2. The molecule has 108 valence electrons. The van der Waals surface area contributed by atoms with Gasteiger partial charge in [-0.25, -0.2) is 0 Å². The minimum Gasteiger partial charge on any atom is -0.336 e. The molecule has 19 heavy (non-hydrogen) atoms. The van der Waals surface area contributed by atoms with Gasteiger partial charge in [0.15, 0.2) is 0 Å². The average molecular weight is 266 g/mol. The summed E-state index contributed by atoms with van der Waals surface area (Å²) in [4.78, 5) is 19.9. The number of carbonyl (C=O) groups is 1. The number of amides is 1. The second-order valence-corrected chi connectivity index (χ2v) is 5.49. The van der Waals surface area contributed by atoms with Crippen molar-refractivity contribution >= 4 is 5.91 Å². The summed E-state index contributed by atoms with van der Waals surface area (Å²) >= 11 is 0. The molecule has 0 N–H and O–H groups in total. The molecule has 0 unspecified atom stereocenters. The molecule has 0 atom stereocenters. The second-order valence-electron chi connectivity index (χ2n) is 5.49. The lowest BCUT2D eigenvalue weighted by molar-refractivity contribution is -0.182. The fourth-order valence-corrected chi connectivity index (χ4v) is 3.00. The van der Waals surface area contributed by atoms with Crippen molar-refractivity contribution in [1.82, 2.24) is 9.96 Å². The van der Waals surface area contributed by atoms with E-state index >= 15 is 0 Å². The van der Waals surface area contributed by atoms with Crippen molar-refractivity contribution in [2.75, 3.05) is 26.2 Å². The Labute approximate surface area is 116 Å². The fourth-order valence-electron chi connectivity index (χ4n) is 3.00. The Morgan fingerprint density at radius 3 is 2.74 bits per heavy atom. The summed E-state index contributed by atoms with van der Waals surface area (Å²) in [6.45, 7) is 6.94. The van der Waals surface area contributed by atoms with Gasteiger partial charge in [0, 0.05) is 32.1 Å². The maximum Gasteiger partial charge on any atom is 0.224 e. The number of rotatable bonds is 6. The van der Waals surface area contributed by atoms with Gasteiger partial charge in [-0.3, -0.25) is 9.63 Å². The maximum atomic E-state index is 12.4. The van der Waals surface area contributed by atoms with Crippen molar-refractivity contribution in [2.24, 2.45) is 0 Å². The Balaban J connectivity index is 1.79. The molecule has 4 nitrogen and oxygen atoms in total. The molecular formula is C15H26N2O2. The molecule has 2 aliphatic rings. The van der Waals surface area contributed by atoms with E-state index in [0.29, 0.717) is 19.0 Å². The zero-order valence-electron chi connectivity index (χ0n) is 11.9. The number of hydrogen-bond donors (Lipinski definition) is 0. The third-order valence-electron chi connectivity index (χ3n) is 4.06. The lowest BCUT2D eigenvalue weighted by atomic mass is 10.2. The van der Waals surface area contributed by atoms with Gasteiger partial charge >= 0.3 is 0 Å². The normalized spacial score (nSPS) is 21.5. The highest BCUT2D eigenvalue weighted by Gasteiger charge is 2.26. The van der Waals surface area contributed by atoms with Gasteiger partial charge in [-0.05, 0) is 25.7 Å². The summed E-state index contributed by atoms with van der Waals surface area (Å²) in [6.07, 6.45) is 9.52. The summed E-state index contributed by atoms with van der Waals surface area (Å²) in [6, 6.07) is 0.438. The molecule has 0 aromatic carbocycles. The van der Waals surface area contributed by atoms with Crippen LogP contribution in [0.1, 0.15) is 44.9 Å². The molecule has 1 aliphatic heterocycles. The predicted octanol–water partition coefficient (Wildman–Crippen LogP) is 2.36. The first kappa shape index (κ1) is 14.5. The van der Waals surface area contributed by atoms with Crippen LogP contribution in [-0.2, 0) is 9.63 Å². The molecule has 1 saturated carbocycles. The topological polar surface area (TPSA) is 32.8 Å². The zero-order valence-corrected chi connectivity index (χ0v) is 11.9. The third kappa shape index (κ3) is 4.32. The minimum atomic E-state index is 0.251. The van der Waals surface area contributed by atoms with Crippen LogP contribution in [-0.4, -0.2) is 48.2 Å². The molecule has 1 aliphatic carbocycles.